The zero-order valence-electron chi connectivity index (χ0n) is 44.4. The molecule has 6 atom stereocenters. The Morgan fingerprint density at radius 3 is 1.53 bits per heavy atom. The van der Waals surface area contributed by atoms with Crippen LogP contribution in [0.5, 0.6) is 11.5 Å². The van der Waals surface area contributed by atoms with E-state index < -0.39 is 101 Å². The first-order valence-corrected chi connectivity index (χ1v) is 25.8. The van der Waals surface area contributed by atoms with Crippen molar-refractivity contribution in [1.29, 1.82) is 0 Å². The number of aromatic nitrogens is 4. The number of aromatic hydroxyl groups is 1. The lowest BCUT2D eigenvalue weighted by Gasteiger charge is -2.42. The Balaban J connectivity index is 0.000000198. The normalized spacial score (nSPS) is 18.7. The number of carbonyl (C=O) groups excluding carboxylic acids is 4. The molecule has 4 aliphatic heterocycles. The van der Waals surface area contributed by atoms with Crippen LogP contribution in [0, 0.1) is 35.1 Å². The van der Waals surface area contributed by atoms with E-state index in [-0.39, 0.29) is 58.3 Å². The summed E-state index contributed by atoms with van der Waals surface area (Å²) in [6, 6.07) is 24.1. The molecule has 0 saturated carbocycles. The number of ether oxygens (including phenoxy) is 3. The number of hydrogen-bond acceptors (Lipinski definition) is 12. The molecule has 79 heavy (non-hydrogen) atoms. The van der Waals surface area contributed by atoms with Gasteiger partial charge in [-0.3, -0.25) is 42.5 Å². The summed E-state index contributed by atoms with van der Waals surface area (Å²) in [5, 5.41) is 18.9. The van der Waals surface area contributed by atoms with Gasteiger partial charge in [0.15, 0.2) is 46.5 Å². The summed E-state index contributed by atoms with van der Waals surface area (Å²) >= 11 is 5.10. The SMILES string of the molecule is CC(C)C(=O)OCCl.CC(C)C(=O)OCOc1c2n(ncc1=O)[C@@H]([C@H](c1ccccc1)c1cccc(F)c1F)[C@H]1CCCN1C2=O.O=C1c2c(O)c(=O)cnn2[C@@H]([C@H](c2ccccc2)c2cccc(F)c2F)[C@H]2CCCN12.[2H]CF. The number of alkyl halides is 2. The van der Waals surface area contributed by atoms with Gasteiger partial charge in [-0.05, 0) is 48.9 Å². The Bertz CT molecular complexity index is 3300. The minimum absolute atomic E-state index is 0.0446. The maximum atomic E-state index is 15.3. The van der Waals surface area contributed by atoms with Crippen LogP contribution in [0.2, 0.25) is 0 Å². The molecule has 0 spiro atoms. The van der Waals surface area contributed by atoms with Crippen LogP contribution in [0.3, 0.4) is 0 Å². The summed E-state index contributed by atoms with van der Waals surface area (Å²) in [6.07, 6.45) is 4.66. The fourth-order valence-electron chi connectivity index (χ4n) is 10.5. The smallest absolute Gasteiger partial charge is 0.311 e. The van der Waals surface area contributed by atoms with Gasteiger partial charge in [-0.15, -0.1) is 0 Å². The molecule has 2 aromatic heterocycles. The molecule has 4 aliphatic rings. The van der Waals surface area contributed by atoms with Crippen LogP contribution in [-0.4, -0.2) is 103 Å². The van der Waals surface area contributed by atoms with Crippen LogP contribution in [0.15, 0.2) is 119 Å². The number of esters is 2. The molecule has 4 aromatic carbocycles. The van der Waals surface area contributed by atoms with Gasteiger partial charge in [0.05, 0.1) is 56.9 Å². The predicted octanol–water partition coefficient (Wildman–Crippen LogP) is 9.23. The van der Waals surface area contributed by atoms with Crippen molar-refractivity contribution < 1.29 is 61.8 Å². The summed E-state index contributed by atoms with van der Waals surface area (Å²) in [7, 11) is -1.00. The highest BCUT2D eigenvalue weighted by Gasteiger charge is 2.50. The summed E-state index contributed by atoms with van der Waals surface area (Å²) in [5.74, 6) is -8.52. The number of rotatable bonds is 12. The van der Waals surface area contributed by atoms with Crippen molar-refractivity contribution in [2.24, 2.45) is 11.8 Å². The second kappa shape index (κ2) is 26.1. The van der Waals surface area contributed by atoms with Gasteiger partial charge in [0, 0.05) is 36.1 Å². The van der Waals surface area contributed by atoms with Gasteiger partial charge >= 0.3 is 11.9 Å². The standard InChI is InChI=1S/C28H27F2N3O5.C23H19F2N3O3.C5H9ClO2.CH3F/c1-16(2)28(36)38-15-37-26-21(34)14-31-33-24(20-12-7-13-32(20)27(35)25(26)33)22(17-8-4-3-5-9-17)18-10-6-11-19(29)23(18)30;24-15-9-4-8-14(19(15)25)18(13-6-2-1-3-7-13)20-16-10-5-11-27(16)23(31)21-22(30)17(29)12-26-28(20)21;1-4(2)5(7)8-3-6;1-2/h3-6,8-11,14,16,20,22,24H,7,12-13,15H2,1-2H3;1-4,6-9,12,16,18,20,30H,5,10-11H2;4H,3H2,1-2H3;1H3/t20-,22-,24-;16-,18-,20-;;/m11../s1/i;;;1D. The van der Waals surface area contributed by atoms with Gasteiger partial charge in [-0.25, -0.2) is 17.6 Å². The molecular formula is C57H58ClF5N6O10. The lowest BCUT2D eigenvalue weighted by Crippen LogP contribution is -2.51. The first-order chi connectivity index (χ1) is 38.4. The average Bonchev–Trinajstić information content (AvgIpc) is 4.31. The van der Waals surface area contributed by atoms with Crippen molar-refractivity contribution in [3.05, 3.63) is 187 Å². The van der Waals surface area contributed by atoms with E-state index in [1.807, 2.05) is 36.4 Å². The highest BCUT2D eigenvalue weighted by molar-refractivity contribution is 6.17. The minimum Gasteiger partial charge on any atom is -0.502 e. The van der Waals surface area contributed by atoms with Crippen molar-refractivity contribution in [1.82, 2.24) is 29.4 Å². The van der Waals surface area contributed by atoms with Crippen LogP contribution in [-0.2, 0) is 19.1 Å². The van der Waals surface area contributed by atoms with Gasteiger partial charge in [-0.1, -0.05) is 124 Å². The molecule has 1 N–H and O–H groups in total. The summed E-state index contributed by atoms with van der Waals surface area (Å²) < 4.78 is 92.4. The number of halogens is 6. The van der Waals surface area contributed by atoms with Crippen LogP contribution in [0.25, 0.3) is 0 Å². The van der Waals surface area contributed by atoms with Crippen molar-refractivity contribution in [2.45, 2.75) is 89.4 Å². The maximum absolute atomic E-state index is 15.3. The molecule has 16 nitrogen and oxygen atoms in total. The van der Waals surface area contributed by atoms with E-state index in [0.29, 0.717) is 43.5 Å². The first kappa shape index (κ1) is 57.2. The second-order valence-corrected chi connectivity index (χ2v) is 19.6. The van der Waals surface area contributed by atoms with E-state index in [1.54, 1.807) is 61.8 Å². The molecule has 0 unspecified atom stereocenters. The predicted molar refractivity (Wildman–Crippen MR) is 279 cm³/mol. The number of hydrogen-bond donors (Lipinski definition) is 1. The van der Waals surface area contributed by atoms with E-state index in [4.69, 9.17) is 22.4 Å². The van der Waals surface area contributed by atoms with Gasteiger partial charge in [0.1, 0.15) is 0 Å². The molecule has 6 heterocycles. The van der Waals surface area contributed by atoms with E-state index in [1.165, 1.54) is 33.6 Å². The molecule has 0 radical (unpaired) electrons. The Kier molecular flexibility index (Phi) is 18.9. The topological polar surface area (TPSA) is 192 Å². The van der Waals surface area contributed by atoms with Crippen molar-refractivity contribution in [3.8, 4) is 11.5 Å². The molecule has 2 fully saturated rings. The maximum Gasteiger partial charge on any atom is 0.311 e. The van der Waals surface area contributed by atoms with E-state index in [2.05, 4.69) is 14.9 Å². The van der Waals surface area contributed by atoms with Crippen LogP contribution < -0.4 is 15.6 Å². The fraction of sp³-hybridized carbons (Fsp3) is 0.368. The molecule has 10 rings (SSSR count). The third-order valence-corrected chi connectivity index (χ3v) is 14.1. The summed E-state index contributed by atoms with van der Waals surface area (Å²) in [4.78, 5) is 77.2. The monoisotopic (exact) mass is 1120 g/mol. The van der Waals surface area contributed by atoms with E-state index in [9.17, 15) is 47.0 Å². The Hall–Kier alpha value is -7.94. The summed E-state index contributed by atoms with van der Waals surface area (Å²) in [5.41, 5.74) is -0.0935. The zero-order valence-corrected chi connectivity index (χ0v) is 44.2. The molecule has 2 amide bonds. The van der Waals surface area contributed by atoms with Crippen LogP contribution in [0.4, 0.5) is 22.0 Å². The largest absolute Gasteiger partial charge is 0.502 e. The second-order valence-electron chi connectivity index (χ2n) is 19.3. The molecule has 22 heteroatoms. The number of benzene rings is 4. The average molecular weight is 1120 g/mol. The molecule has 0 aliphatic carbocycles. The number of nitrogens with zero attached hydrogens (tertiary/aromatic N) is 6. The van der Waals surface area contributed by atoms with Gasteiger partial charge in [0.25, 0.3) is 11.8 Å². The van der Waals surface area contributed by atoms with E-state index in [0.717, 1.165) is 30.9 Å². The Morgan fingerprint density at radius 1 is 0.658 bits per heavy atom. The zero-order chi connectivity index (χ0) is 57.9. The van der Waals surface area contributed by atoms with Crippen molar-refractivity contribution in [2.75, 3.05) is 33.1 Å². The molecule has 0 bridgehead atoms. The van der Waals surface area contributed by atoms with E-state index >= 15 is 8.78 Å². The molecule has 418 valence electrons. The number of carbonyl (C=O) groups is 4. The van der Waals surface area contributed by atoms with Gasteiger partial charge < -0.3 is 29.1 Å². The lowest BCUT2D eigenvalue weighted by molar-refractivity contribution is -0.154. The van der Waals surface area contributed by atoms with Crippen LogP contribution >= 0.6 is 11.6 Å². The van der Waals surface area contributed by atoms with Crippen LogP contribution in [0.1, 0.15) is 122 Å². The van der Waals surface area contributed by atoms with Crippen molar-refractivity contribution >= 4 is 35.4 Å². The summed E-state index contributed by atoms with van der Waals surface area (Å²) in [6.45, 7) is 7.15. The lowest BCUT2D eigenvalue weighted by atomic mass is 9.79. The third kappa shape index (κ3) is 12.2. The molecular weight excluding hydrogens is 1060 g/mol. The number of fused-ring (bicyclic) bond motifs is 4. The molecule has 6 aromatic rings. The Labute approximate surface area is 457 Å². The fourth-order valence-corrected chi connectivity index (χ4v) is 10.6. The van der Waals surface area contributed by atoms with Crippen molar-refractivity contribution in [3.63, 3.8) is 0 Å². The highest BCUT2D eigenvalue weighted by Crippen LogP contribution is 2.48. The minimum atomic E-state index is -1.00. The molecule has 2 saturated heterocycles. The van der Waals surface area contributed by atoms with Gasteiger partial charge in [0.2, 0.25) is 23.4 Å². The highest BCUT2D eigenvalue weighted by atomic mass is 35.5. The first-order valence-electron chi connectivity index (χ1n) is 26.0. The third-order valence-electron chi connectivity index (χ3n) is 14.0. The quantitative estimate of drug-likeness (QED) is 0.0530. The van der Waals surface area contributed by atoms with Gasteiger partial charge in [-0.2, -0.15) is 10.2 Å². The number of amides is 2. The Morgan fingerprint density at radius 2 is 1.09 bits per heavy atom.